The SMILES string of the molecule is COc1ccc(NS(=O)(=O)c2ccc(OCC(=O)N[C@@H](C)c3cccc(Br)c3)cc2)cc1. The van der Waals surface area contributed by atoms with E-state index < -0.39 is 10.0 Å². The predicted octanol–water partition coefficient (Wildman–Crippen LogP) is 4.51. The first-order valence-corrected chi connectivity index (χ1v) is 12.0. The van der Waals surface area contributed by atoms with Gasteiger partial charge in [-0.3, -0.25) is 9.52 Å². The number of carbonyl (C=O) groups is 1. The third-order valence-corrected chi connectivity index (χ3v) is 6.46. The molecule has 3 aromatic rings. The molecule has 0 aliphatic heterocycles. The van der Waals surface area contributed by atoms with Crippen molar-refractivity contribution >= 4 is 37.5 Å². The number of sulfonamides is 1. The number of halogens is 1. The lowest BCUT2D eigenvalue weighted by atomic mass is 10.1. The number of carbonyl (C=O) groups excluding carboxylic acids is 1. The number of methoxy groups -OCH3 is 1. The van der Waals surface area contributed by atoms with Gasteiger partial charge in [0.2, 0.25) is 0 Å². The summed E-state index contributed by atoms with van der Waals surface area (Å²) in [5.74, 6) is 0.735. The molecule has 0 fully saturated rings. The normalized spacial score (nSPS) is 12.0. The van der Waals surface area contributed by atoms with Crippen LogP contribution in [0.5, 0.6) is 11.5 Å². The third-order valence-electron chi connectivity index (χ3n) is 4.57. The lowest BCUT2D eigenvalue weighted by molar-refractivity contribution is -0.123. The zero-order chi connectivity index (χ0) is 23.1. The molecule has 0 bridgehead atoms. The zero-order valence-corrected chi connectivity index (χ0v) is 19.9. The maximum Gasteiger partial charge on any atom is 0.261 e. The molecule has 7 nitrogen and oxygen atoms in total. The third kappa shape index (κ3) is 6.48. The summed E-state index contributed by atoms with van der Waals surface area (Å²) in [6, 6.07) is 19.9. The zero-order valence-electron chi connectivity index (χ0n) is 17.5. The second-order valence-corrected chi connectivity index (χ2v) is 9.54. The van der Waals surface area contributed by atoms with Crippen molar-refractivity contribution in [3.8, 4) is 11.5 Å². The number of anilines is 1. The number of benzene rings is 3. The van der Waals surface area contributed by atoms with Crippen LogP contribution >= 0.6 is 15.9 Å². The molecule has 0 aliphatic rings. The van der Waals surface area contributed by atoms with E-state index in [1.165, 1.54) is 31.4 Å². The Labute approximate surface area is 195 Å². The minimum absolute atomic E-state index is 0.0772. The van der Waals surface area contributed by atoms with Gasteiger partial charge in [0.15, 0.2) is 6.61 Å². The molecule has 1 amide bonds. The molecule has 0 saturated carbocycles. The number of ether oxygens (including phenoxy) is 2. The molecule has 0 spiro atoms. The van der Waals surface area contributed by atoms with Gasteiger partial charge in [0, 0.05) is 10.2 Å². The monoisotopic (exact) mass is 518 g/mol. The smallest absolute Gasteiger partial charge is 0.261 e. The van der Waals surface area contributed by atoms with Gasteiger partial charge in [0.05, 0.1) is 18.0 Å². The van der Waals surface area contributed by atoms with Crippen molar-refractivity contribution in [2.75, 3.05) is 18.4 Å². The minimum atomic E-state index is -3.76. The summed E-state index contributed by atoms with van der Waals surface area (Å²) in [4.78, 5) is 12.3. The van der Waals surface area contributed by atoms with E-state index in [1.54, 1.807) is 24.3 Å². The van der Waals surface area contributed by atoms with Crippen LogP contribution < -0.4 is 19.5 Å². The lowest BCUT2D eigenvalue weighted by Crippen LogP contribution is -2.31. The van der Waals surface area contributed by atoms with Crippen molar-refractivity contribution in [2.45, 2.75) is 17.9 Å². The van der Waals surface area contributed by atoms with E-state index in [9.17, 15) is 13.2 Å². The highest BCUT2D eigenvalue weighted by Gasteiger charge is 2.15. The Morgan fingerprint density at radius 2 is 1.66 bits per heavy atom. The van der Waals surface area contributed by atoms with Crippen LogP contribution in [0.25, 0.3) is 0 Å². The molecule has 0 aromatic heterocycles. The largest absolute Gasteiger partial charge is 0.497 e. The maximum atomic E-state index is 12.6. The summed E-state index contributed by atoms with van der Waals surface area (Å²) < 4.78 is 39.1. The van der Waals surface area contributed by atoms with Crippen molar-refractivity contribution < 1.29 is 22.7 Å². The van der Waals surface area contributed by atoms with Crippen molar-refractivity contribution in [1.82, 2.24) is 5.32 Å². The second kappa shape index (κ2) is 10.5. The topological polar surface area (TPSA) is 93.7 Å². The molecule has 2 N–H and O–H groups in total. The van der Waals surface area contributed by atoms with E-state index >= 15 is 0 Å². The van der Waals surface area contributed by atoms with Gasteiger partial charge in [-0.25, -0.2) is 8.42 Å². The highest BCUT2D eigenvalue weighted by atomic mass is 79.9. The Bertz CT molecular complexity index is 1170. The molecular formula is C23H23BrN2O5S. The fourth-order valence-corrected chi connectivity index (χ4v) is 4.36. The fraction of sp³-hybridized carbons (Fsp3) is 0.174. The number of hydrogen-bond donors (Lipinski definition) is 2. The molecule has 0 saturated heterocycles. The number of hydrogen-bond acceptors (Lipinski definition) is 5. The summed E-state index contributed by atoms with van der Waals surface area (Å²) >= 11 is 3.41. The van der Waals surface area contributed by atoms with Gasteiger partial charge < -0.3 is 14.8 Å². The molecule has 0 aliphatic carbocycles. The first-order chi connectivity index (χ1) is 15.3. The minimum Gasteiger partial charge on any atom is -0.497 e. The highest BCUT2D eigenvalue weighted by molar-refractivity contribution is 9.10. The van der Waals surface area contributed by atoms with Crippen LogP contribution in [0.1, 0.15) is 18.5 Å². The van der Waals surface area contributed by atoms with E-state index in [0.29, 0.717) is 17.2 Å². The lowest BCUT2D eigenvalue weighted by Gasteiger charge is -2.15. The first-order valence-electron chi connectivity index (χ1n) is 9.71. The van der Waals surface area contributed by atoms with Crippen LogP contribution in [0.2, 0.25) is 0 Å². The van der Waals surface area contributed by atoms with E-state index in [-0.39, 0.29) is 23.5 Å². The van der Waals surface area contributed by atoms with Gasteiger partial charge in [0.25, 0.3) is 15.9 Å². The average Bonchev–Trinajstić information content (AvgIpc) is 2.78. The fourth-order valence-electron chi connectivity index (χ4n) is 2.88. The van der Waals surface area contributed by atoms with Crippen molar-refractivity contribution in [1.29, 1.82) is 0 Å². The van der Waals surface area contributed by atoms with Crippen molar-refractivity contribution in [3.05, 3.63) is 82.8 Å². The van der Waals surface area contributed by atoms with Gasteiger partial charge in [-0.1, -0.05) is 28.1 Å². The standard InChI is InChI=1S/C23H23BrN2O5S/c1-16(17-4-3-5-18(24)14-17)25-23(27)15-31-21-10-12-22(13-11-21)32(28,29)26-19-6-8-20(30-2)9-7-19/h3-14,16,26H,15H2,1-2H3,(H,25,27)/t16-/m0/s1. The number of rotatable bonds is 9. The molecule has 1 atom stereocenters. The van der Waals surface area contributed by atoms with Crippen LogP contribution in [-0.4, -0.2) is 28.0 Å². The van der Waals surface area contributed by atoms with E-state index in [4.69, 9.17) is 9.47 Å². The Hall–Kier alpha value is -3.04. The Balaban J connectivity index is 1.55. The van der Waals surface area contributed by atoms with Crippen molar-refractivity contribution in [3.63, 3.8) is 0 Å². The average molecular weight is 519 g/mol. The van der Waals surface area contributed by atoms with E-state index in [1.807, 2.05) is 31.2 Å². The quantitative estimate of drug-likeness (QED) is 0.434. The Morgan fingerprint density at radius 1 is 1.00 bits per heavy atom. The van der Waals surface area contributed by atoms with Crippen LogP contribution in [0.15, 0.2) is 82.2 Å². The van der Waals surface area contributed by atoms with Crippen LogP contribution in [-0.2, 0) is 14.8 Å². The summed E-state index contributed by atoms with van der Waals surface area (Å²) in [6.07, 6.45) is 0. The first kappa shape index (κ1) is 23.6. The molecule has 0 radical (unpaired) electrons. The van der Waals surface area contributed by atoms with Gasteiger partial charge >= 0.3 is 0 Å². The molecule has 0 heterocycles. The van der Waals surface area contributed by atoms with Gasteiger partial charge in [-0.15, -0.1) is 0 Å². The van der Waals surface area contributed by atoms with Crippen LogP contribution in [0.3, 0.4) is 0 Å². The van der Waals surface area contributed by atoms with Crippen LogP contribution in [0, 0.1) is 0 Å². The summed E-state index contributed by atoms with van der Waals surface area (Å²) in [6.45, 7) is 1.70. The van der Waals surface area contributed by atoms with Crippen molar-refractivity contribution in [2.24, 2.45) is 0 Å². The molecule has 0 unspecified atom stereocenters. The Morgan fingerprint density at radius 3 is 2.28 bits per heavy atom. The molecule has 3 aromatic carbocycles. The van der Waals surface area contributed by atoms with Gasteiger partial charge in [-0.2, -0.15) is 0 Å². The number of amides is 1. The van der Waals surface area contributed by atoms with E-state index in [2.05, 4.69) is 26.0 Å². The molecular weight excluding hydrogens is 496 g/mol. The summed E-state index contributed by atoms with van der Waals surface area (Å²) in [5.41, 5.74) is 1.38. The van der Waals surface area contributed by atoms with Gasteiger partial charge in [0.1, 0.15) is 11.5 Å². The predicted molar refractivity (Wildman–Crippen MR) is 126 cm³/mol. The van der Waals surface area contributed by atoms with Gasteiger partial charge in [-0.05, 0) is 73.2 Å². The van der Waals surface area contributed by atoms with E-state index in [0.717, 1.165) is 10.0 Å². The second-order valence-electron chi connectivity index (χ2n) is 6.94. The summed E-state index contributed by atoms with van der Waals surface area (Å²) in [7, 11) is -2.22. The molecule has 9 heteroatoms. The molecule has 32 heavy (non-hydrogen) atoms. The molecule has 3 rings (SSSR count). The maximum absolute atomic E-state index is 12.6. The summed E-state index contributed by atoms with van der Waals surface area (Å²) in [5, 5.41) is 2.87. The highest BCUT2D eigenvalue weighted by Crippen LogP contribution is 2.21. The number of nitrogens with one attached hydrogen (secondary N) is 2. The molecule has 168 valence electrons. The Kier molecular flexibility index (Phi) is 7.76. The van der Waals surface area contributed by atoms with Crippen LogP contribution in [0.4, 0.5) is 5.69 Å².